The molecule has 122 valence electrons. The molecule has 2 amide bonds. The third-order valence-electron chi connectivity index (χ3n) is 3.17. The number of carbonyl (C=O) groups excluding carboxylic acids is 1. The van der Waals surface area contributed by atoms with E-state index in [1.807, 2.05) is 32.0 Å². The van der Waals surface area contributed by atoms with Crippen LogP contribution < -0.4 is 15.4 Å². The minimum absolute atomic E-state index is 0.312. The predicted molar refractivity (Wildman–Crippen MR) is 90.2 cm³/mol. The standard InChI is InChI=1S/C17H21N3O3/c1-12-4-5-13(2)15(10-12)20-17(21)19-14-6-7-16(18-11-14)23-9-8-22-3/h4-7,10-11H,8-9H2,1-3H3,(H2,19,20,21). The molecule has 0 unspecified atom stereocenters. The summed E-state index contributed by atoms with van der Waals surface area (Å²) in [5.74, 6) is 0.488. The van der Waals surface area contributed by atoms with Gasteiger partial charge in [0.15, 0.2) is 0 Å². The van der Waals surface area contributed by atoms with Crippen molar-refractivity contribution in [1.29, 1.82) is 0 Å². The summed E-state index contributed by atoms with van der Waals surface area (Å²) in [7, 11) is 1.61. The monoisotopic (exact) mass is 315 g/mol. The molecule has 0 aliphatic heterocycles. The molecule has 1 aromatic carbocycles. The van der Waals surface area contributed by atoms with E-state index in [4.69, 9.17) is 9.47 Å². The lowest BCUT2D eigenvalue weighted by atomic mass is 10.1. The first kappa shape index (κ1) is 16.8. The fourth-order valence-corrected chi connectivity index (χ4v) is 1.92. The van der Waals surface area contributed by atoms with E-state index >= 15 is 0 Å². The van der Waals surface area contributed by atoms with Gasteiger partial charge in [0.2, 0.25) is 5.88 Å². The number of methoxy groups -OCH3 is 1. The van der Waals surface area contributed by atoms with Crippen LogP contribution in [0.2, 0.25) is 0 Å². The molecule has 1 aromatic heterocycles. The Kier molecular flexibility index (Phi) is 5.94. The minimum atomic E-state index is -0.312. The molecular weight excluding hydrogens is 294 g/mol. The van der Waals surface area contributed by atoms with Crippen molar-refractivity contribution in [1.82, 2.24) is 4.98 Å². The Hall–Kier alpha value is -2.60. The maximum atomic E-state index is 12.0. The molecule has 0 radical (unpaired) electrons. The molecule has 23 heavy (non-hydrogen) atoms. The van der Waals surface area contributed by atoms with E-state index in [1.165, 1.54) is 0 Å². The van der Waals surface area contributed by atoms with Crippen LogP contribution in [0.3, 0.4) is 0 Å². The summed E-state index contributed by atoms with van der Waals surface area (Å²) in [6.07, 6.45) is 1.55. The van der Waals surface area contributed by atoms with Gasteiger partial charge in [0, 0.05) is 18.9 Å². The molecule has 2 aromatic rings. The van der Waals surface area contributed by atoms with Gasteiger partial charge in [-0.05, 0) is 37.1 Å². The minimum Gasteiger partial charge on any atom is -0.475 e. The van der Waals surface area contributed by atoms with Crippen LogP contribution in [-0.2, 0) is 4.74 Å². The van der Waals surface area contributed by atoms with E-state index in [0.29, 0.717) is 24.8 Å². The number of rotatable bonds is 6. The van der Waals surface area contributed by atoms with Crippen LogP contribution in [0, 0.1) is 13.8 Å². The number of hydrogen-bond donors (Lipinski definition) is 2. The molecule has 6 heteroatoms. The zero-order valence-electron chi connectivity index (χ0n) is 13.6. The second-order valence-corrected chi connectivity index (χ2v) is 5.12. The molecule has 0 saturated heterocycles. The zero-order valence-corrected chi connectivity index (χ0v) is 13.6. The van der Waals surface area contributed by atoms with Crippen LogP contribution in [0.4, 0.5) is 16.2 Å². The number of hydrogen-bond acceptors (Lipinski definition) is 4. The van der Waals surface area contributed by atoms with Crippen molar-refractivity contribution in [3.05, 3.63) is 47.7 Å². The lowest BCUT2D eigenvalue weighted by Crippen LogP contribution is -2.20. The first-order valence-corrected chi connectivity index (χ1v) is 7.31. The molecule has 1 heterocycles. The average Bonchev–Trinajstić information content (AvgIpc) is 2.53. The summed E-state index contributed by atoms with van der Waals surface area (Å²) in [5.41, 5.74) is 3.47. The van der Waals surface area contributed by atoms with Gasteiger partial charge < -0.3 is 20.1 Å². The van der Waals surface area contributed by atoms with Crippen LogP contribution in [0.25, 0.3) is 0 Å². The van der Waals surface area contributed by atoms with Gasteiger partial charge in [0.1, 0.15) is 6.61 Å². The van der Waals surface area contributed by atoms with Crippen LogP contribution in [0.1, 0.15) is 11.1 Å². The summed E-state index contributed by atoms with van der Waals surface area (Å²) in [5, 5.41) is 5.57. The number of ether oxygens (including phenoxy) is 2. The highest BCUT2D eigenvalue weighted by Gasteiger charge is 2.06. The Labute approximate surface area is 135 Å². The molecule has 0 fully saturated rings. The molecule has 0 spiro atoms. The van der Waals surface area contributed by atoms with Gasteiger partial charge >= 0.3 is 6.03 Å². The van der Waals surface area contributed by atoms with Gasteiger partial charge in [-0.2, -0.15) is 0 Å². The number of nitrogens with zero attached hydrogens (tertiary/aromatic N) is 1. The number of benzene rings is 1. The number of amides is 2. The number of pyridine rings is 1. The SMILES string of the molecule is COCCOc1ccc(NC(=O)Nc2cc(C)ccc2C)cn1. The van der Waals surface area contributed by atoms with Gasteiger partial charge in [-0.25, -0.2) is 9.78 Å². The van der Waals surface area contributed by atoms with Crippen LogP contribution in [0.15, 0.2) is 36.5 Å². The Morgan fingerprint density at radius 2 is 1.96 bits per heavy atom. The Morgan fingerprint density at radius 1 is 1.13 bits per heavy atom. The molecule has 0 saturated carbocycles. The third kappa shape index (κ3) is 5.27. The van der Waals surface area contributed by atoms with Crippen molar-refractivity contribution in [2.75, 3.05) is 31.0 Å². The second kappa shape index (κ2) is 8.14. The molecule has 0 atom stereocenters. The highest BCUT2D eigenvalue weighted by molar-refractivity contribution is 6.00. The Bertz CT molecular complexity index is 657. The van der Waals surface area contributed by atoms with Crippen LogP contribution >= 0.6 is 0 Å². The fourth-order valence-electron chi connectivity index (χ4n) is 1.92. The summed E-state index contributed by atoms with van der Waals surface area (Å²) in [6, 6.07) is 9.03. The third-order valence-corrected chi connectivity index (χ3v) is 3.17. The van der Waals surface area contributed by atoms with E-state index in [2.05, 4.69) is 15.6 Å². The largest absolute Gasteiger partial charge is 0.475 e. The van der Waals surface area contributed by atoms with Crippen LogP contribution in [0.5, 0.6) is 5.88 Å². The number of anilines is 2. The molecule has 0 aliphatic rings. The molecule has 0 aliphatic carbocycles. The van der Waals surface area contributed by atoms with Crippen molar-refractivity contribution in [2.45, 2.75) is 13.8 Å². The van der Waals surface area contributed by atoms with Gasteiger partial charge in [-0.3, -0.25) is 0 Å². The maximum absolute atomic E-state index is 12.0. The molecule has 2 N–H and O–H groups in total. The van der Waals surface area contributed by atoms with Gasteiger partial charge in [-0.1, -0.05) is 12.1 Å². The van der Waals surface area contributed by atoms with Crippen molar-refractivity contribution in [2.24, 2.45) is 0 Å². The second-order valence-electron chi connectivity index (χ2n) is 5.12. The number of carbonyl (C=O) groups is 1. The lowest BCUT2D eigenvalue weighted by molar-refractivity contribution is 0.144. The molecular formula is C17H21N3O3. The summed E-state index contributed by atoms with van der Waals surface area (Å²) < 4.78 is 10.3. The number of urea groups is 1. The quantitative estimate of drug-likeness (QED) is 0.802. The maximum Gasteiger partial charge on any atom is 0.323 e. The van der Waals surface area contributed by atoms with Crippen LogP contribution in [-0.4, -0.2) is 31.3 Å². The van der Waals surface area contributed by atoms with Crippen molar-refractivity contribution in [3.8, 4) is 5.88 Å². The normalized spacial score (nSPS) is 10.2. The zero-order chi connectivity index (χ0) is 16.7. The summed E-state index contributed by atoms with van der Waals surface area (Å²) in [4.78, 5) is 16.2. The van der Waals surface area contributed by atoms with Gasteiger partial charge in [-0.15, -0.1) is 0 Å². The van der Waals surface area contributed by atoms with Gasteiger partial charge in [0.25, 0.3) is 0 Å². The van der Waals surface area contributed by atoms with Gasteiger partial charge in [0.05, 0.1) is 18.5 Å². The van der Waals surface area contributed by atoms with Crippen molar-refractivity contribution in [3.63, 3.8) is 0 Å². The number of nitrogens with one attached hydrogen (secondary N) is 2. The van der Waals surface area contributed by atoms with E-state index in [9.17, 15) is 4.79 Å². The Balaban J connectivity index is 1.91. The summed E-state index contributed by atoms with van der Waals surface area (Å²) >= 11 is 0. The lowest BCUT2D eigenvalue weighted by Gasteiger charge is -2.11. The topological polar surface area (TPSA) is 72.5 Å². The first-order chi connectivity index (χ1) is 11.1. The average molecular weight is 315 g/mol. The highest BCUT2D eigenvalue weighted by atomic mass is 16.5. The smallest absolute Gasteiger partial charge is 0.323 e. The first-order valence-electron chi connectivity index (χ1n) is 7.31. The molecule has 6 nitrogen and oxygen atoms in total. The molecule has 2 rings (SSSR count). The van der Waals surface area contributed by atoms with E-state index in [0.717, 1.165) is 16.8 Å². The summed E-state index contributed by atoms with van der Waals surface area (Å²) in [6.45, 7) is 4.86. The van der Waals surface area contributed by atoms with E-state index in [-0.39, 0.29) is 6.03 Å². The molecule has 0 bridgehead atoms. The fraction of sp³-hybridized carbons (Fsp3) is 0.294. The Morgan fingerprint density at radius 3 is 2.65 bits per heavy atom. The highest BCUT2D eigenvalue weighted by Crippen LogP contribution is 2.17. The van der Waals surface area contributed by atoms with Crippen molar-refractivity contribution < 1.29 is 14.3 Å². The van der Waals surface area contributed by atoms with E-state index in [1.54, 1.807) is 25.4 Å². The number of aromatic nitrogens is 1. The van der Waals surface area contributed by atoms with Crippen molar-refractivity contribution >= 4 is 17.4 Å². The predicted octanol–water partition coefficient (Wildman–Crippen LogP) is 3.37. The number of aryl methyl sites for hydroxylation is 2. The van der Waals surface area contributed by atoms with E-state index < -0.39 is 0 Å².